The molecular weight excluding hydrogens is 383 g/mol. The van der Waals surface area contributed by atoms with Crippen LogP contribution in [0.15, 0.2) is 53.4 Å². The highest BCUT2D eigenvalue weighted by Crippen LogP contribution is 2.21. The van der Waals surface area contributed by atoms with Crippen molar-refractivity contribution in [1.29, 1.82) is 0 Å². The summed E-state index contributed by atoms with van der Waals surface area (Å²) in [6.07, 6.45) is 0.525. The maximum atomic E-state index is 12.4. The van der Waals surface area contributed by atoms with E-state index in [1.807, 2.05) is 0 Å². The van der Waals surface area contributed by atoms with Gasteiger partial charge in [-0.1, -0.05) is 47.5 Å². The van der Waals surface area contributed by atoms with Gasteiger partial charge in [-0.2, -0.15) is 4.31 Å². The van der Waals surface area contributed by atoms with Gasteiger partial charge >= 0.3 is 0 Å². The van der Waals surface area contributed by atoms with Gasteiger partial charge in [-0.05, 0) is 36.2 Å². The van der Waals surface area contributed by atoms with Crippen LogP contribution in [0.4, 0.5) is 0 Å². The van der Waals surface area contributed by atoms with Gasteiger partial charge in [0.1, 0.15) is 0 Å². The molecule has 0 unspecified atom stereocenters. The van der Waals surface area contributed by atoms with Crippen LogP contribution in [0.1, 0.15) is 5.56 Å². The molecule has 0 saturated carbocycles. The molecule has 0 aliphatic carbocycles. The van der Waals surface area contributed by atoms with Crippen molar-refractivity contribution < 1.29 is 13.2 Å². The van der Waals surface area contributed by atoms with E-state index in [0.29, 0.717) is 23.0 Å². The quantitative estimate of drug-likeness (QED) is 0.776. The van der Waals surface area contributed by atoms with Crippen LogP contribution in [0.5, 0.6) is 0 Å². The fourth-order valence-corrected chi connectivity index (χ4v) is 3.83. The number of hydrogen-bond donors (Lipinski definition) is 1. The van der Waals surface area contributed by atoms with Gasteiger partial charge in [-0.15, -0.1) is 0 Å². The molecule has 2 aromatic rings. The highest BCUT2D eigenvalue weighted by atomic mass is 35.5. The minimum absolute atomic E-state index is 0.151. The fraction of sp³-hybridized carbons (Fsp3) is 0.235. The van der Waals surface area contributed by atoms with Crippen molar-refractivity contribution in [3.63, 3.8) is 0 Å². The average molecular weight is 401 g/mol. The van der Waals surface area contributed by atoms with E-state index in [2.05, 4.69) is 5.32 Å². The average Bonchev–Trinajstić information content (AvgIpc) is 2.57. The smallest absolute Gasteiger partial charge is 0.243 e. The van der Waals surface area contributed by atoms with Crippen molar-refractivity contribution >= 4 is 39.1 Å². The number of rotatable bonds is 7. The zero-order valence-corrected chi connectivity index (χ0v) is 15.9. The number of nitrogens with zero attached hydrogens (tertiary/aromatic N) is 1. The number of carbonyl (C=O) groups is 1. The van der Waals surface area contributed by atoms with E-state index in [1.54, 1.807) is 36.4 Å². The number of benzene rings is 2. The maximum Gasteiger partial charge on any atom is 0.243 e. The van der Waals surface area contributed by atoms with Gasteiger partial charge in [0.05, 0.1) is 11.4 Å². The fourth-order valence-electron chi connectivity index (χ4n) is 2.18. The van der Waals surface area contributed by atoms with Gasteiger partial charge < -0.3 is 5.32 Å². The molecule has 5 nitrogen and oxygen atoms in total. The molecule has 0 bridgehead atoms. The van der Waals surface area contributed by atoms with Crippen molar-refractivity contribution in [2.45, 2.75) is 11.3 Å². The number of hydrogen-bond acceptors (Lipinski definition) is 3. The molecule has 2 aromatic carbocycles. The van der Waals surface area contributed by atoms with Gasteiger partial charge in [-0.25, -0.2) is 8.42 Å². The molecule has 2 rings (SSSR count). The maximum absolute atomic E-state index is 12.4. The molecule has 0 aromatic heterocycles. The lowest BCUT2D eigenvalue weighted by molar-refractivity contribution is -0.121. The topological polar surface area (TPSA) is 66.5 Å². The van der Waals surface area contributed by atoms with Crippen LogP contribution in [-0.4, -0.2) is 38.8 Å². The van der Waals surface area contributed by atoms with Gasteiger partial charge in [0.2, 0.25) is 15.9 Å². The monoisotopic (exact) mass is 400 g/mol. The molecule has 0 heterocycles. The van der Waals surface area contributed by atoms with Gasteiger partial charge in [0.25, 0.3) is 0 Å². The zero-order chi connectivity index (χ0) is 18.4. The predicted molar refractivity (Wildman–Crippen MR) is 99.4 cm³/mol. The lowest BCUT2D eigenvalue weighted by Crippen LogP contribution is -2.39. The molecule has 0 aliphatic rings. The van der Waals surface area contributed by atoms with Crippen molar-refractivity contribution in [3.8, 4) is 0 Å². The van der Waals surface area contributed by atoms with E-state index in [-0.39, 0.29) is 17.3 Å². The Hall–Kier alpha value is -1.60. The first-order chi connectivity index (χ1) is 11.8. The van der Waals surface area contributed by atoms with E-state index in [9.17, 15) is 13.2 Å². The second-order valence-electron chi connectivity index (χ2n) is 5.41. The SMILES string of the molecule is CN(CC(=O)NCCc1ccc(Cl)cc1Cl)S(=O)(=O)c1ccccc1. The predicted octanol–water partition coefficient (Wildman–Crippen LogP) is 2.97. The highest BCUT2D eigenvalue weighted by molar-refractivity contribution is 7.89. The normalized spacial score (nSPS) is 11.5. The van der Waals surface area contributed by atoms with E-state index in [4.69, 9.17) is 23.2 Å². The van der Waals surface area contributed by atoms with Crippen molar-refractivity contribution in [1.82, 2.24) is 9.62 Å². The molecule has 0 fully saturated rings. The van der Waals surface area contributed by atoms with Gasteiger partial charge in [0, 0.05) is 23.6 Å². The first-order valence-electron chi connectivity index (χ1n) is 7.52. The number of halogens is 2. The van der Waals surface area contributed by atoms with E-state index in [0.717, 1.165) is 9.87 Å². The summed E-state index contributed by atoms with van der Waals surface area (Å²) in [4.78, 5) is 12.1. The van der Waals surface area contributed by atoms with E-state index < -0.39 is 10.0 Å². The molecule has 134 valence electrons. The summed E-state index contributed by atoms with van der Waals surface area (Å²) in [5.41, 5.74) is 0.858. The zero-order valence-electron chi connectivity index (χ0n) is 13.6. The van der Waals surface area contributed by atoms with E-state index in [1.165, 1.54) is 19.2 Å². The Kier molecular flexibility index (Phi) is 6.84. The Morgan fingerprint density at radius 1 is 1.12 bits per heavy atom. The molecule has 0 aliphatic heterocycles. The number of likely N-dealkylation sites (N-methyl/N-ethyl adjacent to an activating group) is 1. The second kappa shape index (κ2) is 8.67. The Labute approximate surface area is 157 Å². The molecule has 0 radical (unpaired) electrons. The standard InChI is InChI=1S/C17H18Cl2N2O3S/c1-21(25(23,24)15-5-3-2-4-6-15)12-17(22)20-10-9-13-7-8-14(18)11-16(13)19/h2-8,11H,9-10,12H2,1H3,(H,20,22). The molecule has 0 saturated heterocycles. The Balaban J connectivity index is 1.87. The first-order valence-corrected chi connectivity index (χ1v) is 9.72. The van der Waals surface area contributed by atoms with Gasteiger partial charge in [-0.3, -0.25) is 4.79 Å². The van der Waals surface area contributed by atoms with Crippen molar-refractivity contribution in [2.24, 2.45) is 0 Å². The lowest BCUT2D eigenvalue weighted by atomic mass is 10.1. The van der Waals surface area contributed by atoms with Crippen LogP contribution >= 0.6 is 23.2 Å². The van der Waals surface area contributed by atoms with Crippen LogP contribution in [-0.2, 0) is 21.2 Å². The third kappa shape index (κ3) is 5.44. The Bertz CT molecular complexity index is 842. The minimum Gasteiger partial charge on any atom is -0.355 e. The summed E-state index contributed by atoms with van der Waals surface area (Å²) in [7, 11) is -2.31. The summed E-state index contributed by atoms with van der Waals surface area (Å²) >= 11 is 11.9. The molecule has 0 spiro atoms. The third-order valence-electron chi connectivity index (χ3n) is 3.55. The lowest BCUT2D eigenvalue weighted by Gasteiger charge is -2.17. The first kappa shape index (κ1) is 19.7. The third-order valence-corrected chi connectivity index (χ3v) is 5.95. The van der Waals surface area contributed by atoms with Crippen LogP contribution in [0.3, 0.4) is 0 Å². The van der Waals surface area contributed by atoms with Crippen molar-refractivity contribution in [2.75, 3.05) is 20.1 Å². The molecule has 0 atom stereocenters. The Morgan fingerprint density at radius 2 is 1.80 bits per heavy atom. The van der Waals surface area contributed by atoms with Crippen LogP contribution < -0.4 is 5.32 Å². The molecule has 1 amide bonds. The van der Waals surface area contributed by atoms with E-state index >= 15 is 0 Å². The molecule has 8 heteroatoms. The summed E-state index contributed by atoms with van der Waals surface area (Å²) in [6.45, 7) is 0.0883. The highest BCUT2D eigenvalue weighted by Gasteiger charge is 2.22. The summed E-state index contributed by atoms with van der Waals surface area (Å²) in [5.74, 6) is -0.382. The number of sulfonamides is 1. The number of nitrogens with one attached hydrogen (secondary N) is 1. The van der Waals surface area contributed by atoms with Crippen LogP contribution in [0.25, 0.3) is 0 Å². The summed E-state index contributed by atoms with van der Waals surface area (Å²) < 4.78 is 25.7. The molecule has 1 N–H and O–H groups in total. The number of carbonyl (C=O) groups excluding carboxylic acids is 1. The number of amides is 1. The molecule has 25 heavy (non-hydrogen) atoms. The Morgan fingerprint density at radius 3 is 2.44 bits per heavy atom. The second-order valence-corrected chi connectivity index (χ2v) is 8.30. The molecular formula is C17H18Cl2N2O3S. The largest absolute Gasteiger partial charge is 0.355 e. The summed E-state index contributed by atoms with van der Waals surface area (Å²) in [6, 6.07) is 13.1. The van der Waals surface area contributed by atoms with Crippen LogP contribution in [0, 0.1) is 0 Å². The van der Waals surface area contributed by atoms with Gasteiger partial charge in [0.15, 0.2) is 0 Å². The van der Waals surface area contributed by atoms with Crippen LogP contribution in [0.2, 0.25) is 10.0 Å². The minimum atomic E-state index is -3.69. The summed E-state index contributed by atoms with van der Waals surface area (Å²) in [5, 5.41) is 3.77. The van der Waals surface area contributed by atoms with Crippen molar-refractivity contribution in [3.05, 3.63) is 64.1 Å².